The lowest BCUT2D eigenvalue weighted by Gasteiger charge is -2.34. The van der Waals surface area contributed by atoms with E-state index in [0.717, 1.165) is 34.8 Å². The van der Waals surface area contributed by atoms with Crippen molar-refractivity contribution in [1.29, 1.82) is 0 Å². The van der Waals surface area contributed by atoms with Crippen LogP contribution in [0.2, 0.25) is 0 Å². The number of rotatable bonds is 4. The first kappa shape index (κ1) is 15.0. The Hall–Kier alpha value is -0.350. The molecule has 0 radical (unpaired) electrons. The van der Waals surface area contributed by atoms with Crippen LogP contribution in [0.4, 0.5) is 0 Å². The van der Waals surface area contributed by atoms with E-state index in [1.165, 1.54) is 19.3 Å². The average Bonchev–Trinajstić information content (AvgIpc) is 2.45. The van der Waals surface area contributed by atoms with Gasteiger partial charge in [0.15, 0.2) is 0 Å². The maximum atomic E-state index is 12.7. The molecule has 0 atom stereocenters. The van der Waals surface area contributed by atoms with Crippen LogP contribution in [0.25, 0.3) is 0 Å². The summed E-state index contributed by atoms with van der Waals surface area (Å²) in [5.41, 5.74) is 0.772. The fraction of sp³-hybridized carbons (Fsp3) is 0.533. The lowest BCUT2D eigenvalue weighted by atomic mass is 9.93. The number of nitrogens with zero attached hydrogens (tertiary/aromatic N) is 1. The number of alkyl halides is 1. The van der Waals surface area contributed by atoms with Crippen LogP contribution in [-0.2, 0) is 0 Å². The fourth-order valence-electron chi connectivity index (χ4n) is 2.72. The smallest absolute Gasteiger partial charge is 0.255 e. The highest BCUT2D eigenvalue weighted by atomic mass is 79.9. The zero-order valence-electron chi connectivity index (χ0n) is 10.9. The van der Waals surface area contributed by atoms with Gasteiger partial charge in [0.05, 0.1) is 5.56 Å². The molecule has 0 unspecified atom stereocenters. The molecule has 0 bridgehead atoms. The molecule has 2 rings (SSSR count). The van der Waals surface area contributed by atoms with Crippen molar-refractivity contribution >= 4 is 37.8 Å². The van der Waals surface area contributed by atoms with Gasteiger partial charge in [0.25, 0.3) is 5.91 Å². The van der Waals surface area contributed by atoms with Gasteiger partial charge in [-0.3, -0.25) is 4.79 Å². The zero-order chi connectivity index (χ0) is 13.7. The van der Waals surface area contributed by atoms with Crippen molar-refractivity contribution in [1.82, 2.24) is 4.90 Å². The van der Waals surface area contributed by atoms with Gasteiger partial charge in [0.2, 0.25) is 0 Å². The summed E-state index contributed by atoms with van der Waals surface area (Å²) < 4.78 is 0.885. The molecule has 1 aliphatic carbocycles. The first-order valence-corrected chi connectivity index (χ1v) is 8.77. The molecule has 1 fully saturated rings. The Kier molecular flexibility index (Phi) is 5.89. The molecule has 0 aromatic heterocycles. The fourth-order valence-corrected chi connectivity index (χ4v) is 3.56. The molecule has 0 aliphatic heterocycles. The second kappa shape index (κ2) is 7.44. The van der Waals surface area contributed by atoms with Gasteiger partial charge in [0, 0.05) is 22.4 Å². The minimum Gasteiger partial charge on any atom is -0.335 e. The maximum absolute atomic E-state index is 12.7. The summed E-state index contributed by atoms with van der Waals surface area (Å²) in [4.78, 5) is 14.8. The van der Waals surface area contributed by atoms with E-state index in [-0.39, 0.29) is 5.91 Å². The van der Waals surface area contributed by atoms with Crippen molar-refractivity contribution in [3.63, 3.8) is 0 Å². The van der Waals surface area contributed by atoms with Crippen molar-refractivity contribution in [3.05, 3.63) is 34.3 Å². The normalized spacial score (nSPS) is 16.3. The minimum absolute atomic E-state index is 0.152. The van der Waals surface area contributed by atoms with Crippen LogP contribution in [0.15, 0.2) is 28.7 Å². The van der Waals surface area contributed by atoms with Gasteiger partial charge in [-0.1, -0.05) is 47.3 Å². The molecule has 0 spiro atoms. The van der Waals surface area contributed by atoms with Crippen LogP contribution in [0.3, 0.4) is 0 Å². The third-order valence-corrected chi connectivity index (χ3v) is 4.75. The molecule has 0 heterocycles. The van der Waals surface area contributed by atoms with Gasteiger partial charge in [0.1, 0.15) is 0 Å². The summed E-state index contributed by atoms with van der Waals surface area (Å²) in [7, 11) is 0. The van der Waals surface area contributed by atoms with E-state index in [1.54, 1.807) is 0 Å². The zero-order valence-corrected chi connectivity index (χ0v) is 14.1. The maximum Gasteiger partial charge on any atom is 0.255 e. The number of carbonyl (C=O) groups is 1. The topological polar surface area (TPSA) is 20.3 Å². The van der Waals surface area contributed by atoms with Gasteiger partial charge >= 0.3 is 0 Å². The minimum atomic E-state index is 0.152. The Labute approximate surface area is 131 Å². The Bertz CT molecular complexity index is 430. The second-order valence-corrected chi connectivity index (χ2v) is 6.61. The molecule has 0 N–H and O–H groups in total. The Morgan fingerprint density at radius 2 is 1.89 bits per heavy atom. The Morgan fingerprint density at radius 3 is 2.53 bits per heavy atom. The molecule has 1 aliphatic rings. The SMILES string of the molecule is O=C(c1ccccc1Br)N(CCBr)C1CCCCC1. The molecule has 1 saturated carbocycles. The van der Waals surface area contributed by atoms with Crippen molar-refractivity contribution in [3.8, 4) is 0 Å². The van der Waals surface area contributed by atoms with Crippen molar-refractivity contribution in [2.45, 2.75) is 38.1 Å². The van der Waals surface area contributed by atoms with Gasteiger partial charge in [-0.2, -0.15) is 0 Å². The highest BCUT2D eigenvalue weighted by Crippen LogP contribution is 2.26. The van der Waals surface area contributed by atoms with E-state index in [0.29, 0.717) is 6.04 Å². The molecule has 1 aromatic carbocycles. The Morgan fingerprint density at radius 1 is 1.21 bits per heavy atom. The molecule has 0 saturated heterocycles. The van der Waals surface area contributed by atoms with Crippen molar-refractivity contribution in [2.75, 3.05) is 11.9 Å². The van der Waals surface area contributed by atoms with E-state index in [4.69, 9.17) is 0 Å². The Balaban J connectivity index is 2.18. The number of carbonyl (C=O) groups excluding carboxylic acids is 1. The van der Waals surface area contributed by atoms with Crippen LogP contribution in [0.1, 0.15) is 42.5 Å². The molecule has 1 amide bonds. The molecule has 1 aromatic rings. The van der Waals surface area contributed by atoms with Crippen LogP contribution in [0, 0.1) is 0 Å². The van der Waals surface area contributed by atoms with E-state index in [9.17, 15) is 4.79 Å². The summed E-state index contributed by atoms with van der Waals surface area (Å²) in [6, 6.07) is 8.10. The van der Waals surface area contributed by atoms with E-state index >= 15 is 0 Å². The monoisotopic (exact) mass is 387 g/mol. The third kappa shape index (κ3) is 3.82. The summed E-state index contributed by atoms with van der Waals surface area (Å²) in [6.45, 7) is 0.783. The van der Waals surface area contributed by atoms with Crippen LogP contribution < -0.4 is 0 Å². The first-order valence-electron chi connectivity index (χ1n) is 6.85. The summed E-state index contributed by atoms with van der Waals surface area (Å²) in [5, 5.41) is 0.833. The molecule has 19 heavy (non-hydrogen) atoms. The molecule has 104 valence electrons. The largest absolute Gasteiger partial charge is 0.335 e. The number of hydrogen-bond donors (Lipinski definition) is 0. The van der Waals surface area contributed by atoms with E-state index in [1.807, 2.05) is 29.2 Å². The lowest BCUT2D eigenvalue weighted by Crippen LogP contribution is -2.42. The lowest BCUT2D eigenvalue weighted by molar-refractivity contribution is 0.0650. The molecular weight excluding hydrogens is 370 g/mol. The van der Waals surface area contributed by atoms with Gasteiger partial charge in [-0.25, -0.2) is 0 Å². The average molecular weight is 389 g/mol. The number of amides is 1. The summed E-state index contributed by atoms with van der Waals surface area (Å²) in [6.07, 6.45) is 6.08. The van der Waals surface area contributed by atoms with Crippen LogP contribution in [0.5, 0.6) is 0 Å². The highest BCUT2D eigenvalue weighted by Gasteiger charge is 2.26. The number of halogens is 2. The second-order valence-electron chi connectivity index (χ2n) is 4.96. The van der Waals surface area contributed by atoms with Gasteiger partial charge in [-0.15, -0.1) is 0 Å². The molecule has 2 nitrogen and oxygen atoms in total. The predicted molar refractivity (Wildman–Crippen MR) is 85.8 cm³/mol. The molecular formula is C15H19Br2NO. The quantitative estimate of drug-likeness (QED) is 0.689. The van der Waals surface area contributed by atoms with E-state index in [2.05, 4.69) is 31.9 Å². The first-order chi connectivity index (χ1) is 9.24. The van der Waals surface area contributed by atoms with Crippen LogP contribution in [-0.4, -0.2) is 28.7 Å². The number of benzene rings is 1. The number of hydrogen-bond acceptors (Lipinski definition) is 1. The van der Waals surface area contributed by atoms with Gasteiger partial charge < -0.3 is 4.90 Å². The summed E-state index contributed by atoms with van der Waals surface area (Å²) >= 11 is 6.95. The van der Waals surface area contributed by atoms with E-state index < -0.39 is 0 Å². The van der Waals surface area contributed by atoms with Crippen LogP contribution >= 0.6 is 31.9 Å². The highest BCUT2D eigenvalue weighted by molar-refractivity contribution is 9.10. The third-order valence-electron chi connectivity index (χ3n) is 3.71. The standard InChI is InChI=1S/C15H19Br2NO/c16-10-11-18(12-6-2-1-3-7-12)15(19)13-8-4-5-9-14(13)17/h4-5,8-9,12H,1-3,6-7,10-11H2. The molecule has 4 heteroatoms. The van der Waals surface area contributed by atoms with Crippen molar-refractivity contribution in [2.24, 2.45) is 0 Å². The van der Waals surface area contributed by atoms with Crippen molar-refractivity contribution < 1.29 is 4.79 Å². The van der Waals surface area contributed by atoms with Gasteiger partial charge in [-0.05, 0) is 40.9 Å². The summed E-state index contributed by atoms with van der Waals surface area (Å²) in [5.74, 6) is 0.152. The predicted octanol–water partition coefficient (Wildman–Crippen LogP) is 4.62.